The zero-order valence-electron chi connectivity index (χ0n) is 11.3. The Balaban J connectivity index is 2.19. The molecule has 1 unspecified atom stereocenters. The molecule has 1 fully saturated rings. The molecular formula is C13H21ClN4O. The van der Waals surface area contributed by atoms with Crippen LogP contribution in [0.25, 0.3) is 0 Å². The number of anilines is 1. The number of aryl methyl sites for hydroxylation is 1. The third kappa shape index (κ3) is 3.09. The van der Waals surface area contributed by atoms with E-state index in [1.165, 1.54) is 4.68 Å². The van der Waals surface area contributed by atoms with Crippen LogP contribution in [0, 0.1) is 5.92 Å². The zero-order chi connectivity index (χ0) is 13.8. The van der Waals surface area contributed by atoms with Crippen LogP contribution >= 0.6 is 11.6 Å². The molecular weight excluding hydrogens is 264 g/mol. The van der Waals surface area contributed by atoms with Crippen molar-refractivity contribution in [3.8, 4) is 0 Å². The van der Waals surface area contributed by atoms with Crippen molar-refractivity contribution in [2.24, 2.45) is 11.7 Å². The Morgan fingerprint density at radius 2 is 2.37 bits per heavy atom. The first kappa shape index (κ1) is 14.3. The lowest BCUT2D eigenvalue weighted by Gasteiger charge is -2.19. The summed E-state index contributed by atoms with van der Waals surface area (Å²) in [6, 6.07) is 0. The molecule has 1 saturated heterocycles. The number of unbranched alkanes of at least 4 members (excludes halogenated alkanes) is 1. The fourth-order valence-corrected chi connectivity index (χ4v) is 2.65. The summed E-state index contributed by atoms with van der Waals surface area (Å²) in [5.74, 6) is 0.485. The molecule has 0 bridgehead atoms. The lowest BCUT2D eigenvalue weighted by Crippen LogP contribution is -2.29. The maximum absolute atomic E-state index is 12.1. The van der Waals surface area contributed by atoms with Gasteiger partial charge in [-0.1, -0.05) is 24.9 Å². The van der Waals surface area contributed by atoms with E-state index in [0.717, 1.165) is 38.0 Å². The van der Waals surface area contributed by atoms with Crippen molar-refractivity contribution in [1.29, 1.82) is 0 Å². The third-order valence-electron chi connectivity index (χ3n) is 3.65. The Kier molecular flexibility index (Phi) is 4.82. The molecule has 0 spiro atoms. The minimum absolute atomic E-state index is 0.191. The molecule has 2 rings (SSSR count). The summed E-state index contributed by atoms with van der Waals surface area (Å²) < 4.78 is 1.45. The fraction of sp³-hybridized carbons (Fsp3) is 0.692. The molecule has 0 aromatic carbocycles. The molecule has 0 amide bonds. The largest absolute Gasteiger partial charge is 0.369 e. The van der Waals surface area contributed by atoms with Crippen LogP contribution in [0.1, 0.15) is 26.2 Å². The summed E-state index contributed by atoms with van der Waals surface area (Å²) in [5.41, 5.74) is 6.23. The number of nitrogens with zero attached hydrogens (tertiary/aromatic N) is 3. The van der Waals surface area contributed by atoms with E-state index in [2.05, 4.69) is 16.9 Å². The summed E-state index contributed by atoms with van der Waals surface area (Å²) >= 11 is 6.20. The SMILES string of the molecule is CCCCn1ncc(N2CCC(CN)C2)c(Cl)c1=O. The van der Waals surface area contributed by atoms with E-state index in [1.807, 2.05) is 0 Å². The Hall–Kier alpha value is -1.07. The molecule has 2 N–H and O–H groups in total. The van der Waals surface area contributed by atoms with Gasteiger partial charge >= 0.3 is 0 Å². The summed E-state index contributed by atoms with van der Waals surface area (Å²) in [6.07, 6.45) is 4.71. The van der Waals surface area contributed by atoms with E-state index < -0.39 is 0 Å². The van der Waals surface area contributed by atoms with Crippen molar-refractivity contribution >= 4 is 17.3 Å². The number of aromatic nitrogens is 2. The molecule has 0 saturated carbocycles. The average molecular weight is 285 g/mol. The van der Waals surface area contributed by atoms with Crippen molar-refractivity contribution in [3.63, 3.8) is 0 Å². The van der Waals surface area contributed by atoms with Crippen LogP contribution < -0.4 is 16.2 Å². The second-order valence-electron chi connectivity index (χ2n) is 5.06. The molecule has 5 nitrogen and oxygen atoms in total. The summed E-state index contributed by atoms with van der Waals surface area (Å²) in [4.78, 5) is 14.2. The van der Waals surface area contributed by atoms with Gasteiger partial charge in [-0.25, -0.2) is 4.68 Å². The number of hydrogen-bond acceptors (Lipinski definition) is 4. The average Bonchev–Trinajstić information content (AvgIpc) is 2.89. The first-order chi connectivity index (χ1) is 9.17. The van der Waals surface area contributed by atoms with Gasteiger partial charge in [0.2, 0.25) is 0 Å². The third-order valence-corrected chi connectivity index (χ3v) is 4.01. The summed E-state index contributed by atoms with van der Waals surface area (Å²) in [7, 11) is 0. The van der Waals surface area contributed by atoms with Crippen LogP contribution in [0.15, 0.2) is 11.0 Å². The van der Waals surface area contributed by atoms with Gasteiger partial charge in [0.05, 0.1) is 11.9 Å². The monoisotopic (exact) mass is 284 g/mol. The van der Waals surface area contributed by atoms with Crippen molar-refractivity contribution in [1.82, 2.24) is 9.78 Å². The highest BCUT2D eigenvalue weighted by Crippen LogP contribution is 2.26. The minimum Gasteiger partial charge on any atom is -0.369 e. The highest BCUT2D eigenvalue weighted by Gasteiger charge is 2.24. The first-order valence-corrected chi connectivity index (χ1v) is 7.25. The maximum atomic E-state index is 12.1. The Bertz CT molecular complexity index is 488. The smallest absolute Gasteiger partial charge is 0.287 e. The second-order valence-corrected chi connectivity index (χ2v) is 5.44. The highest BCUT2D eigenvalue weighted by atomic mass is 35.5. The zero-order valence-corrected chi connectivity index (χ0v) is 12.1. The molecule has 0 radical (unpaired) electrons. The molecule has 19 heavy (non-hydrogen) atoms. The van der Waals surface area contributed by atoms with Crippen LogP contribution in [0.3, 0.4) is 0 Å². The van der Waals surface area contributed by atoms with E-state index >= 15 is 0 Å². The van der Waals surface area contributed by atoms with Crippen LogP contribution in [-0.2, 0) is 6.54 Å². The number of nitrogens with two attached hydrogens (primary N) is 1. The predicted molar refractivity (Wildman–Crippen MR) is 77.8 cm³/mol. The Morgan fingerprint density at radius 3 is 3.00 bits per heavy atom. The fourth-order valence-electron chi connectivity index (χ4n) is 2.39. The standard InChI is InChI=1S/C13H21ClN4O/c1-2-3-5-18-13(19)12(14)11(8-16-18)17-6-4-10(7-15)9-17/h8,10H,2-7,9,15H2,1H3. The number of hydrogen-bond donors (Lipinski definition) is 1. The molecule has 106 valence electrons. The topological polar surface area (TPSA) is 64.2 Å². The van der Waals surface area contributed by atoms with Gasteiger partial charge in [0.1, 0.15) is 5.02 Å². The van der Waals surface area contributed by atoms with Crippen molar-refractivity contribution in [3.05, 3.63) is 21.6 Å². The normalized spacial score (nSPS) is 19.1. The first-order valence-electron chi connectivity index (χ1n) is 6.88. The van der Waals surface area contributed by atoms with Gasteiger partial charge in [0.15, 0.2) is 0 Å². The van der Waals surface area contributed by atoms with Gasteiger partial charge in [-0.05, 0) is 25.3 Å². The van der Waals surface area contributed by atoms with E-state index in [-0.39, 0.29) is 10.6 Å². The highest BCUT2D eigenvalue weighted by molar-refractivity contribution is 6.33. The maximum Gasteiger partial charge on any atom is 0.287 e. The second kappa shape index (κ2) is 6.39. The molecule has 1 aromatic heterocycles. The van der Waals surface area contributed by atoms with Crippen molar-refractivity contribution < 1.29 is 0 Å². The van der Waals surface area contributed by atoms with Crippen LogP contribution in [0.4, 0.5) is 5.69 Å². The van der Waals surface area contributed by atoms with Gasteiger partial charge in [0.25, 0.3) is 5.56 Å². The summed E-state index contributed by atoms with van der Waals surface area (Å²) in [6.45, 7) is 5.13. The molecule has 1 aliphatic heterocycles. The summed E-state index contributed by atoms with van der Waals surface area (Å²) in [5, 5.41) is 4.50. The molecule has 1 aromatic rings. The van der Waals surface area contributed by atoms with Crippen molar-refractivity contribution in [2.45, 2.75) is 32.7 Å². The lowest BCUT2D eigenvalue weighted by molar-refractivity contribution is 0.542. The van der Waals surface area contributed by atoms with Crippen LogP contribution in [0.2, 0.25) is 5.02 Å². The van der Waals surface area contributed by atoms with Gasteiger partial charge < -0.3 is 10.6 Å². The minimum atomic E-state index is -0.191. The molecule has 2 heterocycles. The van der Waals surface area contributed by atoms with Gasteiger partial charge in [0, 0.05) is 19.6 Å². The predicted octanol–water partition coefficient (Wildman–Crippen LogP) is 1.48. The molecule has 0 aliphatic carbocycles. The lowest BCUT2D eigenvalue weighted by atomic mass is 10.1. The van der Waals surface area contributed by atoms with E-state index in [4.69, 9.17) is 17.3 Å². The number of halogens is 1. The van der Waals surface area contributed by atoms with Gasteiger partial charge in [-0.15, -0.1) is 0 Å². The van der Waals surface area contributed by atoms with Gasteiger partial charge in [-0.3, -0.25) is 4.79 Å². The Labute approximate surface area is 118 Å². The van der Waals surface area contributed by atoms with Gasteiger partial charge in [-0.2, -0.15) is 5.10 Å². The van der Waals surface area contributed by atoms with Crippen LogP contribution in [0.5, 0.6) is 0 Å². The number of rotatable bonds is 5. The van der Waals surface area contributed by atoms with E-state index in [9.17, 15) is 4.79 Å². The quantitative estimate of drug-likeness (QED) is 0.890. The molecule has 6 heteroatoms. The molecule has 1 aliphatic rings. The van der Waals surface area contributed by atoms with Crippen LogP contribution in [-0.4, -0.2) is 29.4 Å². The molecule has 1 atom stereocenters. The van der Waals surface area contributed by atoms with E-state index in [1.54, 1.807) is 6.20 Å². The Morgan fingerprint density at radius 1 is 1.58 bits per heavy atom. The van der Waals surface area contributed by atoms with E-state index in [0.29, 0.717) is 19.0 Å². The van der Waals surface area contributed by atoms with Crippen molar-refractivity contribution in [2.75, 3.05) is 24.5 Å².